The summed E-state index contributed by atoms with van der Waals surface area (Å²) in [5.74, 6) is -3.90. The second-order valence-electron chi connectivity index (χ2n) is 4.90. The fourth-order valence-electron chi connectivity index (χ4n) is 2.35. The third kappa shape index (κ3) is 3.32. The van der Waals surface area contributed by atoms with Crippen LogP contribution in [-0.2, 0) is 10.0 Å². The smallest absolute Gasteiger partial charge is 0.214 e. The maximum absolute atomic E-state index is 13.7. The Bertz CT molecular complexity index is 614. The van der Waals surface area contributed by atoms with Crippen LogP contribution in [0.1, 0.15) is 13.3 Å². The lowest BCUT2D eigenvalue weighted by molar-refractivity contribution is 0.380. The van der Waals surface area contributed by atoms with Crippen molar-refractivity contribution < 1.29 is 21.6 Å². The molecule has 1 aromatic carbocycles. The SMILES string of the molecule is CCCS(=O)(=O)N1CCN(c2ccc(F)c(F)c2F)CC1. The number of rotatable bonds is 4. The molecule has 1 aliphatic rings. The molecule has 0 amide bonds. The Hall–Kier alpha value is -1.28. The normalized spacial score (nSPS) is 17.2. The van der Waals surface area contributed by atoms with Gasteiger partial charge < -0.3 is 4.90 Å². The first-order valence-electron chi connectivity index (χ1n) is 6.73. The van der Waals surface area contributed by atoms with Crippen LogP contribution < -0.4 is 4.90 Å². The molecule has 1 heterocycles. The zero-order chi connectivity index (χ0) is 15.6. The van der Waals surface area contributed by atoms with Gasteiger partial charge in [0.15, 0.2) is 17.5 Å². The van der Waals surface area contributed by atoms with E-state index in [0.717, 1.165) is 6.07 Å². The number of piperazine rings is 1. The molecule has 1 fully saturated rings. The largest absolute Gasteiger partial charge is 0.366 e. The summed E-state index contributed by atoms with van der Waals surface area (Å²) in [7, 11) is -3.29. The molecule has 1 aliphatic heterocycles. The van der Waals surface area contributed by atoms with Gasteiger partial charge in [0.2, 0.25) is 10.0 Å². The van der Waals surface area contributed by atoms with E-state index >= 15 is 0 Å². The maximum atomic E-state index is 13.7. The van der Waals surface area contributed by atoms with Gasteiger partial charge in [-0.1, -0.05) is 6.92 Å². The highest BCUT2D eigenvalue weighted by molar-refractivity contribution is 7.89. The quantitative estimate of drug-likeness (QED) is 0.796. The highest BCUT2D eigenvalue weighted by atomic mass is 32.2. The Labute approximate surface area is 122 Å². The van der Waals surface area contributed by atoms with E-state index in [0.29, 0.717) is 6.42 Å². The maximum Gasteiger partial charge on any atom is 0.214 e. The monoisotopic (exact) mass is 322 g/mol. The summed E-state index contributed by atoms with van der Waals surface area (Å²) >= 11 is 0. The molecule has 0 unspecified atom stereocenters. The van der Waals surface area contributed by atoms with E-state index in [1.165, 1.54) is 15.3 Å². The summed E-state index contributed by atoms with van der Waals surface area (Å²) in [6.07, 6.45) is 0.528. The molecule has 2 rings (SSSR count). The van der Waals surface area contributed by atoms with Crippen LogP contribution in [0.5, 0.6) is 0 Å². The van der Waals surface area contributed by atoms with Crippen molar-refractivity contribution in [3.63, 3.8) is 0 Å². The minimum atomic E-state index is -3.29. The first-order valence-corrected chi connectivity index (χ1v) is 8.34. The molecule has 1 saturated heterocycles. The van der Waals surface area contributed by atoms with Crippen molar-refractivity contribution in [3.8, 4) is 0 Å². The standard InChI is InChI=1S/C13H17F3N2O2S/c1-2-9-21(19,20)18-7-5-17(6-8-18)11-4-3-10(14)12(15)13(11)16/h3-4H,2,5-9H2,1H3. The fraction of sp³-hybridized carbons (Fsp3) is 0.538. The highest BCUT2D eigenvalue weighted by Crippen LogP contribution is 2.25. The summed E-state index contributed by atoms with van der Waals surface area (Å²) in [4.78, 5) is 1.52. The Morgan fingerprint density at radius 1 is 1.05 bits per heavy atom. The molecule has 0 bridgehead atoms. The molecule has 1 aromatic rings. The molecular weight excluding hydrogens is 305 g/mol. The predicted molar refractivity (Wildman–Crippen MR) is 74.2 cm³/mol. The van der Waals surface area contributed by atoms with Gasteiger partial charge in [-0.15, -0.1) is 0 Å². The van der Waals surface area contributed by atoms with E-state index in [2.05, 4.69) is 0 Å². The zero-order valence-corrected chi connectivity index (χ0v) is 12.5. The molecule has 0 aromatic heterocycles. The van der Waals surface area contributed by atoms with Crippen LogP contribution in [-0.4, -0.2) is 44.7 Å². The lowest BCUT2D eigenvalue weighted by Crippen LogP contribution is -2.49. The number of benzene rings is 1. The molecule has 0 aliphatic carbocycles. The van der Waals surface area contributed by atoms with Gasteiger partial charge in [-0.05, 0) is 18.6 Å². The summed E-state index contributed by atoms with van der Waals surface area (Å²) in [5.41, 5.74) is -0.0403. The Kier molecular flexibility index (Phi) is 4.77. The number of sulfonamides is 1. The summed E-state index contributed by atoms with van der Waals surface area (Å²) in [6.45, 7) is 2.68. The van der Waals surface area contributed by atoms with Gasteiger partial charge in [-0.3, -0.25) is 0 Å². The Morgan fingerprint density at radius 2 is 1.67 bits per heavy atom. The van der Waals surface area contributed by atoms with Crippen molar-refractivity contribution in [2.75, 3.05) is 36.8 Å². The molecule has 0 saturated carbocycles. The van der Waals surface area contributed by atoms with Crippen LogP contribution >= 0.6 is 0 Å². The van der Waals surface area contributed by atoms with Crippen LogP contribution in [0.15, 0.2) is 12.1 Å². The van der Waals surface area contributed by atoms with E-state index < -0.39 is 27.5 Å². The van der Waals surface area contributed by atoms with Crippen LogP contribution in [0.3, 0.4) is 0 Å². The van der Waals surface area contributed by atoms with E-state index in [9.17, 15) is 21.6 Å². The van der Waals surface area contributed by atoms with Crippen LogP contribution in [0.2, 0.25) is 0 Å². The van der Waals surface area contributed by atoms with Gasteiger partial charge in [-0.2, -0.15) is 4.31 Å². The molecule has 0 radical (unpaired) electrons. The van der Waals surface area contributed by atoms with Crippen LogP contribution in [0.4, 0.5) is 18.9 Å². The number of anilines is 1. The molecule has 8 heteroatoms. The fourth-order valence-corrected chi connectivity index (χ4v) is 3.85. The van der Waals surface area contributed by atoms with Crippen molar-refractivity contribution in [1.82, 2.24) is 4.31 Å². The van der Waals surface area contributed by atoms with Crippen molar-refractivity contribution in [3.05, 3.63) is 29.6 Å². The van der Waals surface area contributed by atoms with Gasteiger partial charge in [-0.25, -0.2) is 21.6 Å². The number of halogens is 3. The van der Waals surface area contributed by atoms with Gasteiger partial charge in [0, 0.05) is 26.2 Å². The molecule has 4 nitrogen and oxygen atoms in total. The first-order chi connectivity index (χ1) is 9.86. The molecular formula is C13H17F3N2O2S. The minimum absolute atomic E-state index is 0.0403. The summed E-state index contributed by atoms with van der Waals surface area (Å²) in [6, 6.07) is 2.04. The van der Waals surface area contributed by atoms with Crippen LogP contribution in [0, 0.1) is 17.5 Å². The predicted octanol–water partition coefficient (Wildman–Crippen LogP) is 1.97. The number of hydrogen-bond acceptors (Lipinski definition) is 3. The Balaban J connectivity index is 2.10. The van der Waals surface area contributed by atoms with Gasteiger partial charge in [0.25, 0.3) is 0 Å². The molecule has 0 spiro atoms. The number of nitrogens with zero attached hydrogens (tertiary/aromatic N) is 2. The van der Waals surface area contributed by atoms with E-state index in [-0.39, 0.29) is 37.6 Å². The second kappa shape index (κ2) is 6.23. The lowest BCUT2D eigenvalue weighted by atomic mass is 10.2. The first kappa shape index (κ1) is 16.1. The highest BCUT2D eigenvalue weighted by Gasteiger charge is 2.28. The number of hydrogen-bond donors (Lipinski definition) is 0. The van der Waals surface area contributed by atoms with Crippen molar-refractivity contribution in [2.24, 2.45) is 0 Å². The molecule has 118 valence electrons. The topological polar surface area (TPSA) is 40.6 Å². The second-order valence-corrected chi connectivity index (χ2v) is 6.99. The Morgan fingerprint density at radius 3 is 2.24 bits per heavy atom. The van der Waals surface area contributed by atoms with Crippen molar-refractivity contribution in [1.29, 1.82) is 0 Å². The molecule has 0 N–H and O–H groups in total. The van der Waals surface area contributed by atoms with Gasteiger partial charge in [0.05, 0.1) is 11.4 Å². The summed E-state index contributed by atoms with van der Waals surface area (Å²) in [5, 5.41) is 0. The average molecular weight is 322 g/mol. The lowest BCUT2D eigenvalue weighted by Gasteiger charge is -2.35. The molecule has 0 atom stereocenters. The third-order valence-corrected chi connectivity index (χ3v) is 5.53. The summed E-state index contributed by atoms with van der Waals surface area (Å²) < 4.78 is 65.0. The van der Waals surface area contributed by atoms with Gasteiger partial charge in [0.1, 0.15) is 0 Å². The van der Waals surface area contributed by atoms with Crippen LogP contribution in [0.25, 0.3) is 0 Å². The zero-order valence-electron chi connectivity index (χ0n) is 11.7. The van der Waals surface area contributed by atoms with Gasteiger partial charge >= 0.3 is 0 Å². The van der Waals surface area contributed by atoms with E-state index in [4.69, 9.17) is 0 Å². The minimum Gasteiger partial charge on any atom is -0.366 e. The molecule has 21 heavy (non-hydrogen) atoms. The third-order valence-electron chi connectivity index (χ3n) is 3.45. The van der Waals surface area contributed by atoms with E-state index in [1.54, 1.807) is 6.92 Å². The van der Waals surface area contributed by atoms with Crippen molar-refractivity contribution in [2.45, 2.75) is 13.3 Å². The van der Waals surface area contributed by atoms with E-state index in [1.807, 2.05) is 0 Å². The van der Waals surface area contributed by atoms with Crippen molar-refractivity contribution >= 4 is 15.7 Å². The average Bonchev–Trinajstić information content (AvgIpc) is 2.45.